The van der Waals surface area contributed by atoms with Gasteiger partial charge in [0.05, 0.1) is 17.6 Å². The molecule has 0 aromatic carbocycles. The fourth-order valence-corrected chi connectivity index (χ4v) is 4.35. The van der Waals surface area contributed by atoms with Crippen molar-refractivity contribution in [1.82, 2.24) is 4.90 Å². The van der Waals surface area contributed by atoms with Gasteiger partial charge in [-0.1, -0.05) is 13.3 Å². The van der Waals surface area contributed by atoms with Gasteiger partial charge in [-0.05, 0) is 57.3 Å². The van der Waals surface area contributed by atoms with E-state index < -0.39 is 11.4 Å². The van der Waals surface area contributed by atoms with Crippen LogP contribution in [-0.4, -0.2) is 47.2 Å². The third kappa shape index (κ3) is 3.93. The monoisotopic (exact) mass is 337 g/mol. The predicted molar refractivity (Wildman–Crippen MR) is 90.6 cm³/mol. The Labute approximate surface area is 144 Å². The highest BCUT2D eigenvalue weighted by atomic mass is 16.5. The fourth-order valence-electron chi connectivity index (χ4n) is 4.35. The van der Waals surface area contributed by atoms with Crippen LogP contribution in [-0.2, 0) is 14.3 Å². The van der Waals surface area contributed by atoms with Crippen molar-refractivity contribution in [1.29, 1.82) is 0 Å². The minimum atomic E-state index is -0.799. The molecule has 1 amide bonds. The molecule has 5 nitrogen and oxygen atoms in total. The van der Waals surface area contributed by atoms with Crippen LogP contribution in [0, 0.1) is 11.3 Å². The molecule has 0 radical (unpaired) electrons. The van der Waals surface area contributed by atoms with Crippen molar-refractivity contribution in [3.63, 3.8) is 0 Å². The Morgan fingerprint density at radius 2 is 1.62 bits per heavy atom. The number of carbonyl (C=O) groups is 2. The highest BCUT2D eigenvalue weighted by Crippen LogP contribution is 2.44. The van der Waals surface area contributed by atoms with Gasteiger partial charge in [-0.15, -0.1) is 0 Å². The van der Waals surface area contributed by atoms with E-state index in [1.54, 1.807) is 0 Å². The molecule has 3 rings (SSSR count). The van der Waals surface area contributed by atoms with Crippen LogP contribution in [0.4, 0.5) is 0 Å². The first kappa shape index (κ1) is 17.7. The zero-order valence-electron chi connectivity index (χ0n) is 14.8. The van der Waals surface area contributed by atoms with Crippen molar-refractivity contribution in [2.75, 3.05) is 13.1 Å². The number of piperidine rings is 1. The van der Waals surface area contributed by atoms with E-state index in [1.807, 2.05) is 4.90 Å². The second kappa shape index (κ2) is 7.42. The lowest BCUT2D eigenvalue weighted by molar-refractivity contribution is -0.160. The van der Waals surface area contributed by atoms with Crippen molar-refractivity contribution in [3.8, 4) is 0 Å². The van der Waals surface area contributed by atoms with Crippen molar-refractivity contribution in [2.24, 2.45) is 11.3 Å². The van der Waals surface area contributed by atoms with E-state index in [1.165, 1.54) is 25.7 Å². The minimum Gasteiger partial charge on any atom is -0.481 e. The van der Waals surface area contributed by atoms with Crippen LogP contribution in [0.25, 0.3) is 0 Å². The molecule has 136 valence electrons. The van der Waals surface area contributed by atoms with Crippen molar-refractivity contribution in [2.45, 2.75) is 83.3 Å². The number of hydrogen-bond acceptors (Lipinski definition) is 3. The van der Waals surface area contributed by atoms with Crippen LogP contribution in [0.5, 0.6) is 0 Å². The normalized spacial score (nSPS) is 30.6. The van der Waals surface area contributed by atoms with Crippen molar-refractivity contribution in [3.05, 3.63) is 0 Å². The average Bonchev–Trinajstić information content (AvgIpc) is 2.53. The van der Waals surface area contributed by atoms with E-state index >= 15 is 0 Å². The molecule has 0 atom stereocenters. The molecule has 24 heavy (non-hydrogen) atoms. The number of nitrogens with zero attached hydrogens (tertiary/aromatic N) is 1. The first-order chi connectivity index (χ1) is 11.5. The molecule has 1 heterocycles. The number of carboxylic acids is 1. The Morgan fingerprint density at radius 1 is 1.04 bits per heavy atom. The molecule has 3 fully saturated rings. The number of amides is 1. The lowest BCUT2D eigenvalue weighted by Gasteiger charge is -2.40. The summed E-state index contributed by atoms with van der Waals surface area (Å²) in [6.07, 6.45) is 9.70. The van der Waals surface area contributed by atoms with Gasteiger partial charge in [0.15, 0.2) is 0 Å². The molecular formula is C19H31NO4. The van der Waals surface area contributed by atoms with Crippen LogP contribution in [0.2, 0.25) is 0 Å². The molecule has 2 aliphatic carbocycles. The molecule has 0 spiro atoms. The van der Waals surface area contributed by atoms with Gasteiger partial charge in [0.25, 0.3) is 0 Å². The van der Waals surface area contributed by atoms with Crippen molar-refractivity contribution >= 4 is 11.9 Å². The standard InChI is InChI=1S/C19H31NO4/c1-14-3-5-15(6-4-14)24-16-7-11-20(12-8-16)17(21)13-19(18(22)23)9-2-10-19/h14-16H,2-13H2,1H3,(H,22,23). The van der Waals surface area contributed by atoms with Gasteiger partial charge in [-0.25, -0.2) is 0 Å². The number of ether oxygens (including phenoxy) is 1. The number of rotatable bonds is 5. The molecule has 0 aromatic rings. The largest absolute Gasteiger partial charge is 0.481 e. The number of carbonyl (C=O) groups excluding carboxylic acids is 1. The molecule has 1 N–H and O–H groups in total. The molecule has 0 aromatic heterocycles. The molecule has 1 saturated heterocycles. The number of carboxylic acid groups (broad SMARTS) is 1. The summed E-state index contributed by atoms with van der Waals surface area (Å²) in [5.41, 5.74) is -0.775. The lowest BCUT2D eigenvalue weighted by Crippen LogP contribution is -2.47. The molecular weight excluding hydrogens is 306 g/mol. The Morgan fingerprint density at radius 3 is 2.12 bits per heavy atom. The Balaban J connectivity index is 1.41. The Kier molecular flexibility index (Phi) is 5.48. The maximum atomic E-state index is 12.5. The molecule has 2 saturated carbocycles. The van der Waals surface area contributed by atoms with E-state index in [0.29, 0.717) is 32.0 Å². The predicted octanol–water partition coefficient (Wildman–Crippen LogP) is 3.22. The summed E-state index contributed by atoms with van der Waals surface area (Å²) < 4.78 is 6.25. The van der Waals surface area contributed by atoms with Gasteiger partial charge in [-0.2, -0.15) is 0 Å². The topological polar surface area (TPSA) is 66.8 Å². The van der Waals surface area contributed by atoms with E-state index in [-0.39, 0.29) is 18.4 Å². The minimum absolute atomic E-state index is 0.0158. The van der Waals surface area contributed by atoms with E-state index in [0.717, 1.165) is 25.2 Å². The SMILES string of the molecule is CC1CCC(OC2CCN(C(=O)CC3(C(=O)O)CCC3)CC2)CC1. The number of likely N-dealkylation sites (tertiary alicyclic amines) is 1. The molecule has 3 aliphatic rings. The summed E-state index contributed by atoms with van der Waals surface area (Å²) in [5, 5.41) is 9.38. The second-order valence-corrected chi connectivity index (χ2v) is 8.21. The van der Waals surface area contributed by atoms with E-state index in [2.05, 4.69) is 6.92 Å². The quantitative estimate of drug-likeness (QED) is 0.836. The highest BCUT2D eigenvalue weighted by molar-refractivity contribution is 5.85. The number of hydrogen-bond donors (Lipinski definition) is 1. The van der Waals surface area contributed by atoms with Crippen LogP contribution >= 0.6 is 0 Å². The van der Waals surface area contributed by atoms with Crippen LogP contribution in [0.1, 0.15) is 71.1 Å². The Hall–Kier alpha value is -1.10. The molecule has 5 heteroatoms. The maximum Gasteiger partial charge on any atom is 0.310 e. The summed E-state index contributed by atoms with van der Waals surface area (Å²) in [4.78, 5) is 25.7. The summed E-state index contributed by atoms with van der Waals surface area (Å²) in [7, 11) is 0. The van der Waals surface area contributed by atoms with Gasteiger partial charge < -0.3 is 14.7 Å². The summed E-state index contributed by atoms with van der Waals surface area (Å²) >= 11 is 0. The molecule has 0 bridgehead atoms. The maximum absolute atomic E-state index is 12.5. The van der Waals surface area contributed by atoms with E-state index in [4.69, 9.17) is 4.74 Å². The zero-order chi connectivity index (χ0) is 17.2. The third-order valence-electron chi connectivity index (χ3n) is 6.40. The van der Waals surface area contributed by atoms with Crippen LogP contribution in [0.3, 0.4) is 0 Å². The molecule has 1 aliphatic heterocycles. The number of aliphatic carboxylic acids is 1. The van der Waals surface area contributed by atoms with Gasteiger partial charge in [-0.3, -0.25) is 9.59 Å². The van der Waals surface area contributed by atoms with Crippen LogP contribution < -0.4 is 0 Å². The Bertz CT molecular complexity index is 458. The lowest BCUT2D eigenvalue weighted by atomic mass is 9.66. The average molecular weight is 337 g/mol. The van der Waals surface area contributed by atoms with Gasteiger partial charge in [0.2, 0.25) is 5.91 Å². The first-order valence-corrected chi connectivity index (χ1v) is 9.65. The van der Waals surface area contributed by atoms with Crippen LogP contribution in [0.15, 0.2) is 0 Å². The summed E-state index contributed by atoms with van der Waals surface area (Å²) in [6.45, 7) is 3.73. The smallest absolute Gasteiger partial charge is 0.310 e. The van der Waals surface area contributed by atoms with Gasteiger partial charge >= 0.3 is 5.97 Å². The second-order valence-electron chi connectivity index (χ2n) is 8.21. The highest BCUT2D eigenvalue weighted by Gasteiger charge is 2.46. The summed E-state index contributed by atoms with van der Waals surface area (Å²) in [6, 6.07) is 0. The third-order valence-corrected chi connectivity index (χ3v) is 6.40. The van der Waals surface area contributed by atoms with Gasteiger partial charge in [0.1, 0.15) is 0 Å². The van der Waals surface area contributed by atoms with Crippen molar-refractivity contribution < 1.29 is 19.4 Å². The summed E-state index contributed by atoms with van der Waals surface area (Å²) in [5.74, 6) is 0.0475. The fraction of sp³-hybridized carbons (Fsp3) is 0.895. The van der Waals surface area contributed by atoms with E-state index in [9.17, 15) is 14.7 Å². The first-order valence-electron chi connectivity index (χ1n) is 9.65. The molecule has 0 unspecified atom stereocenters. The zero-order valence-corrected chi connectivity index (χ0v) is 14.8. The van der Waals surface area contributed by atoms with Gasteiger partial charge in [0, 0.05) is 19.5 Å².